The standard InChI is InChI=1S/C31H58NO7.C26H48N2O13.ClH/c1-28(33)21-17-13-9-5-6-10-14-18-22-30(35)38-24-19-15-11-7-8-12-16-20-25-39-31(36)27-32(3,4)23-26-37-29(2)34;1-15(31)27-19-21(33)20(32)16(13-29)40-25(19)41-23-17(14-30)39-24(35)18(22(23)34)28-26(36)38-12-10-8-6-4-3-5-7-9-11-37-2;/h5-27H2,1-4H3;16-25,29-30,32-35H,3-14H2,1-2H3,(H,27,31)(H,28,36);1H/q+1;;/t;16?,17?,18-,19-,20+,21?,22?,23+,24+,25-;/m.1./s1. The fraction of sp³-hybridized carbons (Fsp3) is 0.895. The minimum Gasteiger partial charge on any atom is -0.466 e. The van der Waals surface area contributed by atoms with Gasteiger partial charge < -0.3 is 88.4 Å². The lowest BCUT2D eigenvalue weighted by Gasteiger charge is -2.47. The number of aliphatic hydroxyl groups is 6. The molecular formula is C57H107ClN3O20+. The number of alkyl carbamates (subject to hydrolysis) is 1. The third-order valence-electron chi connectivity index (χ3n) is 14.0. The number of Topliss-reactive ketones (excluding diaryl/α,β-unsaturated/α-hetero) is 1. The Kier molecular flexibility index (Phi) is 46.0. The summed E-state index contributed by atoms with van der Waals surface area (Å²) in [4.78, 5) is 69.7. The van der Waals surface area contributed by atoms with Gasteiger partial charge in [-0.25, -0.2) is 9.59 Å². The Morgan fingerprint density at radius 1 is 0.494 bits per heavy atom. The Labute approximate surface area is 488 Å². The maximum Gasteiger partial charge on any atom is 0.407 e. The maximum absolute atomic E-state index is 12.4. The summed E-state index contributed by atoms with van der Waals surface area (Å²) in [5, 5.41) is 66.1. The summed E-state index contributed by atoms with van der Waals surface area (Å²) in [6, 6.07) is -2.75. The van der Waals surface area contributed by atoms with Gasteiger partial charge >= 0.3 is 24.0 Å². The van der Waals surface area contributed by atoms with Gasteiger partial charge in [0.2, 0.25) is 5.91 Å². The topological polar surface area (TPSA) is 322 Å². The highest BCUT2D eigenvalue weighted by molar-refractivity contribution is 5.85. The number of amides is 2. The molecule has 0 spiro atoms. The van der Waals surface area contributed by atoms with E-state index in [-0.39, 0.29) is 49.2 Å². The number of ketones is 1. The number of quaternary nitrogens is 1. The summed E-state index contributed by atoms with van der Waals surface area (Å²) in [5.41, 5.74) is 0. The first kappa shape index (κ1) is 77.7. The summed E-state index contributed by atoms with van der Waals surface area (Å²) >= 11 is 0. The monoisotopic (exact) mass is 1190 g/mol. The van der Waals surface area contributed by atoms with Gasteiger partial charge in [0, 0.05) is 40.4 Å². The van der Waals surface area contributed by atoms with Crippen LogP contribution in [0.3, 0.4) is 0 Å². The minimum absolute atomic E-state index is 0. The fourth-order valence-corrected chi connectivity index (χ4v) is 9.22. The molecule has 2 aliphatic rings. The molecular weight excluding hydrogens is 1080 g/mol. The van der Waals surface area contributed by atoms with Crippen molar-refractivity contribution < 1.29 is 102 Å². The van der Waals surface area contributed by atoms with Crippen molar-refractivity contribution in [2.24, 2.45) is 0 Å². The number of halogens is 1. The molecule has 4 unspecified atom stereocenters. The lowest BCUT2D eigenvalue weighted by molar-refractivity contribution is -0.883. The van der Waals surface area contributed by atoms with Crippen LogP contribution in [-0.4, -0.2) is 213 Å². The predicted molar refractivity (Wildman–Crippen MR) is 303 cm³/mol. The van der Waals surface area contributed by atoms with Gasteiger partial charge in [-0.1, -0.05) is 116 Å². The summed E-state index contributed by atoms with van der Waals surface area (Å²) in [7, 11) is 5.53. The summed E-state index contributed by atoms with van der Waals surface area (Å²) in [6.45, 7) is 5.83. The Bertz CT molecular complexity index is 1670. The number of unbranched alkanes of at least 4 members (excludes halogenated alkanes) is 21. The first-order chi connectivity index (χ1) is 38.3. The molecule has 2 rings (SSSR count). The van der Waals surface area contributed by atoms with E-state index in [0.29, 0.717) is 50.1 Å². The van der Waals surface area contributed by atoms with E-state index in [4.69, 9.17) is 37.9 Å². The molecule has 8 N–H and O–H groups in total. The highest BCUT2D eigenvalue weighted by Crippen LogP contribution is 2.29. The number of hydrogen-bond acceptors (Lipinski definition) is 20. The van der Waals surface area contributed by atoms with E-state index in [1.54, 1.807) is 14.0 Å². The van der Waals surface area contributed by atoms with Crippen molar-refractivity contribution >= 4 is 48.1 Å². The van der Waals surface area contributed by atoms with Gasteiger partial charge in [-0.3, -0.25) is 14.4 Å². The molecule has 2 fully saturated rings. The van der Waals surface area contributed by atoms with Crippen molar-refractivity contribution in [3.63, 3.8) is 0 Å². The molecule has 0 bridgehead atoms. The Morgan fingerprint density at radius 3 is 1.42 bits per heavy atom. The van der Waals surface area contributed by atoms with Crippen LogP contribution in [-0.2, 0) is 61.9 Å². The lowest BCUT2D eigenvalue weighted by Crippen LogP contribution is -2.69. The van der Waals surface area contributed by atoms with Crippen molar-refractivity contribution in [3.05, 3.63) is 0 Å². The number of nitrogens with zero attached hydrogens (tertiary/aromatic N) is 1. The van der Waals surface area contributed by atoms with Gasteiger partial charge in [0.15, 0.2) is 19.1 Å². The van der Waals surface area contributed by atoms with Gasteiger partial charge in [-0.15, -0.1) is 12.4 Å². The van der Waals surface area contributed by atoms with E-state index < -0.39 is 86.5 Å². The second kappa shape index (κ2) is 48.0. The number of esters is 3. The summed E-state index contributed by atoms with van der Waals surface area (Å²) in [5.74, 6) is -0.888. The van der Waals surface area contributed by atoms with Gasteiger partial charge in [0.25, 0.3) is 0 Å². The predicted octanol–water partition coefficient (Wildman–Crippen LogP) is 4.99. The second-order valence-electron chi connectivity index (χ2n) is 21.9. The van der Waals surface area contributed by atoms with Crippen LogP contribution in [0.1, 0.15) is 188 Å². The average molecular weight is 1190 g/mol. The number of methoxy groups -OCH3 is 1. The minimum atomic E-state index is -1.73. The number of rotatable bonds is 44. The Morgan fingerprint density at radius 2 is 0.951 bits per heavy atom. The first-order valence-electron chi connectivity index (χ1n) is 29.6. The Balaban J connectivity index is 0.00000156. The third kappa shape index (κ3) is 38.3. The van der Waals surface area contributed by atoms with Gasteiger partial charge in [-0.2, -0.15) is 0 Å². The van der Waals surface area contributed by atoms with Crippen LogP contribution in [0, 0.1) is 0 Å². The molecule has 2 saturated heterocycles. The molecule has 81 heavy (non-hydrogen) atoms. The smallest absolute Gasteiger partial charge is 0.407 e. The van der Waals surface area contributed by atoms with Gasteiger partial charge in [-0.05, 0) is 45.4 Å². The lowest BCUT2D eigenvalue weighted by atomic mass is 9.94. The molecule has 10 atom stereocenters. The molecule has 2 amide bonds. The number of hydrogen-bond donors (Lipinski definition) is 8. The maximum atomic E-state index is 12.4. The molecule has 0 aliphatic carbocycles. The van der Waals surface area contributed by atoms with Crippen LogP contribution in [0.15, 0.2) is 0 Å². The van der Waals surface area contributed by atoms with E-state index in [1.165, 1.54) is 45.4 Å². The number of ether oxygens (including phenoxy) is 8. The molecule has 0 aromatic heterocycles. The number of nitrogens with one attached hydrogen (secondary N) is 2. The molecule has 23 nitrogen and oxygen atoms in total. The molecule has 2 heterocycles. The van der Waals surface area contributed by atoms with Crippen molar-refractivity contribution in [1.82, 2.24) is 10.6 Å². The van der Waals surface area contributed by atoms with Crippen LogP contribution in [0.25, 0.3) is 0 Å². The van der Waals surface area contributed by atoms with Gasteiger partial charge in [0.05, 0.1) is 47.1 Å². The van der Waals surface area contributed by atoms with Crippen molar-refractivity contribution in [2.75, 3.05) is 80.5 Å². The van der Waals surface area contributed by atoms with Gasteiger partial charge in [0.1, 0.15) is 67.6 Å². The third-order valence-corrected chi connectivity index (χ3v) is 14.0. The highest BCUT2D eigenvalue weighted by Gasteiger charge is 2.51. The molecule has 2 aliphatic heterocycles. The number of carbonyl (C=O) groups excluding carboxylic acids is 6. The average Bonchev–Trinajstić information content (AvgIpc) is 3.41. The molecule has 24 heteroatoms. The van der Waals surface area contributed by atoms with Crippen LogP contribution in [0.2, 0.25) is 0 Å². The van der Waals surface area contributed by atoms with Crippen molar-refractivity contribution in [1.29, 1.82) is 0 Å². The van der Waals surface area contributed by atoms with E-state index >= 15 is 0 Å². The number of carbonyl (C=O) groups is 6. The zero-order chi connectivity index (χ0) is 59.6. The van der Waals surface area contributed by atoms with E-state index in [2.05, 4.69) is 10.6 Å². The summed E-state index contributed by atoms with van der Waals surface area (Å²) in [6.07, 6.45) is 13.9. The zero-order valence-corrected chi connectivity index (χ0v) is 50.6. The number of likely N-dealkylation sites (N-methyl/N-ethyl adjacent to an activating group) is 1. The van der Waals surface area contributed by atoms with Crippen molar-refractivity contribution in [3.8, 4) is 0 Å². The van der Waals surface area contributed by atoms with E-state index in [9.17, 15) is 59.4 Å². The fourth-order valence-electron chi connectivity index (χ4n) is 9.22. The summed E-state index contributed by atoms with van der Waals surface area (Å²) < 4.78 is 42.9. The van der Waals surface area contributed by atoms with E-state index in [1.807, 2.05) is 14.1 Å². The zero-order valence-electron chi connectivity index (χ0n) is 49.8. The van der Waals surface area contributed by atoms with Crippen LogP contribution < -0.4 is 10.6 Å². The first-order valence-corrected chi connectivity index (χ1v) is 29.6. The van der Waals surface area contributed by atoms with Crippen LogP contribution >= 0.6 is 12.4 Å². The van der Waals surface area contributed by atoms with E-state index in [0.717, 1.165) is 123 Å². The van der Waals surface area contributed by atoms with Crippen LogP contribution in [0.4, 0.5) is 4.79 Å². The normalized spacial score (nSPS) is 22.5. The largest absolute Gasteiger partial charge is 0.466 e. The Hall–Kier alpha value is -3.33. The second-order valence-corrected chi connectivity index (χ2v) is 21.9. The molecule has 476 valence electrons. The van der Waals surface area contributed by atoms with Crippen molar-refractivity contribution in [2.45, 2.75) is 249 Å². The molecule has 0 saturated carbocycles. The number of aliphatic hydroxyl groups excluding tert-OH is 6. The molecule has 0 aromatic rings. The molecule has 0 aromatic carbocycles. The SMILES string of the molecule is CC(=O)CCCCCCCCCCC(=O)OCCCCCCCCCCOC(=O)C[N+](C)(C)CCOC(C)=O.COCCCCCCCCCCOC(=O)N[C@@H]1C(O)[C@@H](O[C@H]2OC(CO)[C@H](O)C(O)[C@H]2NC(C)=O)C(CO)O[C@@H]1O.Cl. The molecule has 0 radical (unpaired) electrons. The quantitative estimate of drug-likeness (QED) is 0.0172. The van der Waals surface area contributed by atoms with Crippen LogP contribution in [0.5, 0.6) is 0 Å². The highest BCUT2D eigenvalue weighted by atomic mass is 35.5.